The van der Waals surface area contributed by atoms with Gasteiger partial charge in [-0.25, -0.2) is 14.6 Å². The minimum atomic E-state index is -4.47. The standard InChI is InChI=1S/C20H16ClF3N4O3/c1-11-8-14(21)6-7-15(11)25-19(31)27-16-10-28(17(26-16)18(29)30)9-12-2-4-13(5-3-12)20(22,23)24/h2-8,10H,9H2,1H3,(H,29,30)(H2,25,27,31). The zero-order valence-corrected chi connectivity index (χ0v) is 16.8. The summed E-state index contributed by atoms with van der Waals surface area (Å²) < 4.78 is 39.3. The van der Waals surface area contributed by atoms with Crippen LogP contribution in [0.1, 0.15) is 27.3 Å². The molecule has 3 rings (SSSR count). The third kappa shape index (κ3) is 5.54. The molecule has 0 aliphatic rings. The first-order valence-corrected chi connectivity index (χ1v) is 9.21. The van der Waals surface area contributed by atoms with Crippen LogP contribution in [0.5, 0.6) is 0 Å². The molecule has 0 atom stereocenters. The van der Waals surface area contributed by atoms with E-state index in [2.05, 4.69) is 15.6 Å². The largest absolute Gasteiger partial charge is 0.475 e. The number of carbonyl (C=O) groups excluding carboxylic acids is 1. The molecule has 0 aliphatic heterocycles. The third-order valence-corrected chi connectivity index (χ3v) is 4.52. The van der Waals surface area contributed by atoms with Crippen molar-refractivity contribution in [2.45, 2.75) is 19.6 Å². The summed E-state index contributed by atoms with van der Waals surface area (Å²) >= 11 is 5.88. The predicted molar refractivity (Wildman–Crippen MR) is 109 cm³/mol. The van der Waals surface area contributed by atoms with Gasteiger partial charge in [0.25, 0.3) is 0 Å². The van der Waals surface area contributed by atoms with E-state index in [4.69, 9.17) is 11.6 Å². The summed E-state index contributed by atoms with van der Waals surface area (Å²) in [6.45, 7) is 1.70. The van der Waals surface area contributed by atoms with Crippen LogP contribution in [0.2, 0.25) is 5.02 Å². The van der Waals surface area contributed by atoms with Crippen LogP contribution in [0.4, 0.5) is 29.5 Å². The summed E-state index contributed by atoms with van der Waals surface area (Å²) in [5.74, 6) is -1.76. The number of rotatable bonds is 5. The number of hydrogen-bond donors (Lipinski definition) is 3. The lowest BCUT2D eigenvalue weighted by molar-refractivity contribution is -0.137. The molecule has 162 valence electrons. The van der Waals surface area contributed by atoms with Gasteiger partial charge in [0.05, 0.1) is 5.56 Å². The number of urea groups is 1. The van der Waals surface area contributed by atoms with E-state index in [0.29, 0.717) is 16.3 Å². The average molecular weight is 453 g/mol. The summed E-state index contributed by atoms with van der Waals surface area (Å²) in [6.07, 6.45) is -3.18. The van der Waals surface area contributed by atoms with Crippen molar-refractivity contribution < 1.29 is 27.9 Å². The van der Waals surface area contributed by atoms with Gasteiger partial charge < -0.3 is 15.0 Å². The molecular formula is C20H16ClF3N4O3. The number of aromatic carboxylic acids is 1. The van der Waals surface area contributed by atoms with Crippen molar-refractivity contribution >= 4 is 35.1 Å². The number of carboxylic acids is 1. The summed E-state index contributed by atoms with van der Waals surface area (Å²) in [6, 6.07) is 8.55. The molecule has 0 radical (unpaired) electrons. The average Bonchev–Trinajstić information content (AvgIpc) is 3.06. The fourth-order valence-corrected chi connectivity index (χ4v) is 3.03. The molecule has 3 aromatic rings. The van der Waals surface area contributed by atoms with Gasteiger partial charge in [0, 0.05) is 23.5 Å². The molecule has 0 unspecified atom stereocenters. The molecule has 11 heteroatoms. The van der Waals surface area contributed by atoms with Crippen molar-refractivity contribution in [3.63, 3.8) is 0 Å². The molecule has 2 amide bonds. The highest BCUT2D eigenvalue weighted by Crippen LogP contribution is 2.29. The van der Waals surface area contributed by atoms with Crippen molar-refractivity contribution in [3.8, 4) is 0 Å². The predicted octanol–water partition coefficient (Wildman–Crippen LogP) is 5.25. The molecule has 0 aliphatic carbocycles. The lowest BCUT2D eigenvalue weighted by atomic mass is 10.1. The topological polar surface area (TPSA) is 96.2 Å². The van der Waals surface area contributed by atoms with E-state index in [0.717, 1.165) is 17.7 Å². The quantitative estimate of drug-likeness (QED) is 0.492. The minimum absolute atomic E-state index is 0.0339. The van der Waals surface area contributed by atoms with Crippen molar-refractivity contribution in [2.24, 2.45) is 0 Å². The fraction of sp³-hybridized carbons (Fsp3) is 0.150. The number of hydrogen-bond acceptors (Lipinski definition) is 3. The molecule has 2 aromatic carbocycles. The third-order valence-electron chi connectivity index (χ3n) is 4.28. The summed E-state index contributed by atoms with van der Waals surface area (Å²) in [5.41, 5.74) is 0.851. The summed E-state index contributed by atoms with van der Waals surface area (Å²) in [4.78, 5) is 27.6. The Morgan fingerprint density at radius 3 is 2.39 bits per heavy atom. The normalized spacial score (nSPS) is 11.3. The van der Waals surface area contributed by atoms with Gasteiger partial charge in [-0.05, 0) is 48.4 Å². The van der Waals surface area contributed by atoms with Gasteiger partial charge >= 0.3 is 18.2 Å². The molecule has 1 aromatic heterocycles. The molecule has 7 nitrogen and oxygen atoms in total. The van der Waals surface area contributed by atoms with Crippen LogP contribution in [0, 0.1) is 6.92 Å². The molecule has 0 bridgehead atoms. The second-order valence-corrected chi connectivity index (χ2v) is 7.05. The zero-order chi connectivity index (χ0) is 22.8. The van der Waals surface area contributed by atoms with Gasteiger partial charge in [-0.1, -0.05) is 23.7 Å². The van der Waals surface area contributed by atoms with Crippen molar-refractivity contribution in [3.05, 3.63) is 76.2 Å². The minimum Gasteiger partial charge on any atom is -0.475 e. The van der Waals surface area contributed by atoms with Crippen LogP contribution in [-0.2, 0) is 12.7 Å². The molecule has 0 spiro atoms. The lowest BCUT2D eigenvalue weighted by Crippen LogP contribution is -2.20. The molecular weight excluding hydrogens is 437 g/mol. The number of nitrogens with one attached hydrogen (secondary N) is 2. The highest BCUT2D eigenvalue weighted by Gasteiger charge is 2.30. The number of nitrogens with zero attached hydrogens (tertiary/aromatic N) is 2. The van der Waals surface area contributed by atoms with Gasteiger partial charge in [0.2, 0.25) is 5.82 Å². The van der Waals surface area contributed by atoms with Crippen molar-refractivity contribution in [1.82, 2.24) is 9.55 Å². The highest BCUT2D eigenvalue weighted by atomic mass is 35.5. The monoisotopic (exact) mass is 452 g/mol. The number of benzene rings is 2. The number of anilines is 2. The van der Waals surface area contributed by atoms with E-state index in [9.17, 15) is 27.9 Å². The Morgan fingerprint density at radius 2 is 1.81 bits per heavy atom. The first-order valence-electron chi connectivity index (χ1n) is 8.83. The first-order chi connectivity index (χ1) is 14.5. The van der Waals surface area contributed by atoms with Gasteiger partial charge in [-0.2, -0.15) is 13.2 Å². The number of amides is 2. The maximum atomic E-state index is 12.7. The van der Waals surface area contributed by atoms with Crippen molar-refractivity contribution in [2.75, 3.05) is 10.6 Å². The first kappa shape index (κ1) is 22.2. The van der Waals surface area contributed by atoms with Crippen LogP contribution >= 0.6 is 11.6 Å². The van der Waals surface area contributed by atoms with Crippen LogP contribution in [-0.4, -0.2) is 26.7 Å². The molecule has 0 saturated heterocycles. The van der Waals surface area contributed by atoms with E-state index >= 15 is 0 Å². The maximum absolute atomic E-state index is 12.7. The number of aryl methyl sites for hydroxylation is 1. The second kappa shape index (κ2) is 8.68. The number of aromatic nitrogens is 2. The number of carbonyl (C=O) groups is 2. The van der Waals surface area contributed by atoms with Gasteiger partial charge in [0.15, 0.2) is 5.82 Å². The second-order valence-electron chi connectivity index (χ2n) is 6.62. The number of alkyl halides is 3. The molecule has 31 heavy (non-hydrogen) atoms. The van der Waals surface area contributed by atoms with E-state index in [1.165, 1.54) is 22.9 Å². The Kier molecular flexibility index (Phi) is 6.21. The van der Waals surface area contributed by atoms with Crippen LogP contribution in [0.25, 0.3) is 0 Å². The Hall–Kier alpha value is -3.53. The number of carboxylic acid groups (broad SMARTS) is 1. The Bertz CT molecular complexity index is 1130. The Labute approximate surface area is 179 Å². The molecule has 3 N–H and O–H groups in total. The molecule has 1 heterocycles. The Balaban J connectivity index is 1.75. The summed E-state index contributed by atoms with van der Waals surface area (Å²) in [7, 11) is 0. The van der Waals surface area contributed by atoms with E-state index < -0.39 is 23.7 Å². The van der Waals surface area contributed by atoms with Crippen LogP contribution < -0.4 is 10.6 Å². The lowest BCUT2D eigenvalue weighted by Gasteiger charge is -2.09. The van der Waals surface area contributed by atoms with E-state index in [-0.39, 0.29) is 18.2 Å². The van der Waals surface area contributed by atoms with Crippen LogP contribution in [0.3, 0.4) is 0 Å². The fourth-order valence-electron chi connectivity index (χ4n) is 2.80. The van der Waals surface area contributed by atoms with Crippen LogP contribution in [0.15, 0.2) is 48.7 Å². The van der Waals surface area contributed by atoms with Crippen molar-refractivity contribution in [1.29, 1.82) is 0 Å². The smallest absolute Gasteiger partial charge is 0.416 e. The highest BCUT2D eigenvalue weighted by molar-refractivity contribution is 6.30. The number of halogens is 4. The zero-order valence-electron chi connectivity index (χ0n) is 16.0. The Morgan fingerprint density at radius 1 is 1.13 bits per heavy atom. The molecule has 0 fully saturated rings. The van der Waals surface area contributed by atoms with Gasteiger partial charge in [-0.3, -0.25) is 5.32 Å². The van der Waals surface area contributed by atoms with Gasteiger partial charge in [-0.15, -0.1) is 0 Å². The summed E-state index contributed by atoms with van der Waals surface area (Å²) in [5, 5.41) is 14.9. The SMILES string of the molecule is Cc1cc(Cl)ccc1NC(=O)Nc1cn(Cc2ccc(C(F)(F)F)cc2)c(C(=O)O)n1. The van der Waals surface area contributed by atoms with Gasteiger partial charge in [0.1, 0.15) is 0 Å². The van der Waals surface area contributed by atoms with E-state index in [1.54, 1.807) is 25.1 Å². The maximum Gasteiger partial charge on any atom is 0.416 e. The molecule has 0 saturated carbocycles. The number of imidazole rings is 1. The van der Waals surface area contributed by atoms with E-state index in [1.807, 2.05) is 0 Å².